The summed E-state index contributed by atoms with van der Waals surface area (Å²) < 4.78 is 22.7. The molecular weight excluding hydrogens is 403 g/mol. The molecule has 0 bridgehead atoms. The Kier molecular flexibility index (Phi) is 10.6. The molecule has 6 nitrogen and oxygen atoms in total. The van der Waals surface area contributed by atoms with Crippen molar-refractivity contribution in [2.45, 2.75) is 33.2 Å². The number of halogens is 1. The summed E-state index contributed by atoms with van der Waals surface area (Å²) in [7, 11) is -2.79. The summed E-state index contributed by atoms with van der Waals surface area (Å²) in [6.07, 6.45) is 1.05. The van der Waals surface area contributed by atoms with Crippen LogP contribution in [0.5, 0.6) is 0 Å². The molecule has 0 aromatic heterocycles. The lowest BCUT2D eigenvalue weighted by atomic mass is 10.3. The molecule has 1 fully saturated rings. The Hall–Kier alpha value is -0.0900. The summed E-state index contributed by atoms with van der Waals surface area (Å²) in [5, 5.41) is 6.57. The molecule has 0 aromatic carbocycles. The lowest BCUT2D eigenvalue weighted by Gasteiger charge is -2.25. The first kappa shape index (κ1) is 20.9. The second-order valence-electron chi connectivity index (χ2n) is 5.21. The summed E-state index contributed by atoms with van der Waals surface area (Å²) in [5.41, 5.74) is 0. The average molecular weight is 432 g/mol. The van der Waals surface area contributed by atoms with Gasteiger partial charge in [-0.15, -0.1) is 24.0 Å². The van der Waals surface area contributed by atoms with Gasteiger partial charge in [-0.05, 0) is 20.3 Å². The van der Waals surface area contributed by atoms with Crippen LogP contribution in [0.15, 0.2) is 4.99 Å². The Morgan fingerprint density at radius 3 is 2.43 bits per heavy atom. The number of hydrogen-bond acceptors (Lipinski definition) is 4. The van der Waals surface area contributed by atoms with Gasteiger partial charge in [0.1, 0.15) is 0 Å². The van der Waals surface area contributed by atoms with E-state index in [4.69, 9.17) is 0 Å². The third-order valence-corrected chi connectivity index (χ3v) is 5.07. The smallest absolute Gasteiger partial charge is 0.191 e. The summed E-state index contributed by atoms with van der Waals surface area (Å²) in [6.45, 7) is 9.91. The van der Waals surface area contributed by atoms with Gasteiger partial charge in [0.05, 0.1) is 18.1 Å². The van der Waals surface area contributed by atoms with E-state index in [0.29, 0.717) is 25.7 Å². The number of rotatable bonds is 6. The van der Waals surface area contributed by atoms with Crippen molar-refractivity contribution in [1.82, 2.24) is 15.5 Å². The minimum Gasteiger partial charge on any atom is -0.357 e. The number of aliphatic imine (C=N–C) groups is 1. The molecule has 0 aliphatic carbocycles. The van der Waals surface area contributed by atoms with E-state index in [1.165, 1.54) is 0 Å². The van der Waals surface area contributed by atoms with Crippen molar-refractivity contribution in [2.24, 2.45) is 4.99 Å². The lowest BCUT2D eigenvalue weighted by Crippen LogP contribution is -2.43. The van der Waals surface area contributed by atoms with E-state index in [9.17, 15) is 8.42 Å². The van der Waals surface area contributed by atoms with Crippen molar-refractivity contribution in [3.63, 3.8) is 0 Å². The van der Waals surface area contributed by atoms with Crippen LogP contribution in [-0.2, 0) is 9.84 Å². The maximum Gasteiger partial charge on any atom is 0.191 e. The molecule has 0 amide bonds. The zero-order chi connectivity index (χ0) is 15.0. The van der Waals surface area contributed by atoms with Crippen molar-refractivity contribution in [3.05, 3.63) is 0 Å². The zero-order valence-corrected chi connectivity index (χ0v) is 16.4. The van der Waals surface area contributed by atoms with Crippen LogP contribution >= 0.6 is 24.0 Å². The van der Waals surface area contributed by atoms with Gasteiger partial charge in [-0.25, -0.2) is 8.42 Å². The van der Waals surface area contributed by atoms with E-state index in [0.717, 1.165) is 25.5 Å². The first-order valence-electron chi connectivity index (χ1n) is 7.44. The normalized spacial score (nSPS) is 20.4. The highest BCUT2D eigenvalue weighted by Crippen LogP contribution is 2.02. The SMILES string of the molecule is CCNC(=NCCN1CCS(=O)(=O)CC1)NC(C)CC.I. The summed E-state index contributed by atoms with van der Waals surface area (Å²) >= 11 is 0. The average Bonchev–Trinajstić information content (AvgIpc) is 2.40. The van der Waals surface area contributed by atoms with E-state index < -0.39 is 9.84 Å². The van der Waals surface area contributed by atoms with Crippen LogP contribution in [0.4, 0.5) is 0 Å². The molecule has 1 unspecified atom stereocenters. The van der Waals surface area contributed by atoms with Gasteiger partial charge in [-0.1, -0.05) is 6.92 Å². The maximum atomic E-state index is 11.3. The zero-order valence-electron chi connectivity index (χ0n) is 13.3. The van der Waals surface area contributed by atoms with Crippen LogP contribution in [0.2, 0.25) is 0 Å². The van der Waals surface area contributed by atoms with Crippen LogP contribution in [0.25, 0.3) is 0 Å². The van der Waals surface area contributed by atoms with Gasteiger partial charge in [0.25, 0.3) is 0 Å². The van der Waals surface area contributed by atoms with Crippen LogP contribution in [0, 0.1) is 0 Å². The number of sulfone groups is 1. The number of hydrogen-bond donors (Lipinski definition) is 2. The molecule has 1 saturated heterocycles. The molecule has 1 heterocycles. The molecule has 126 valence electrons. The molecule has 0 saturated carbocycles. The van der Waals surface area contributed by atoms with E-state index >= 15 is 0 Å². The first-order valence-corrected chi connectivity index (χ1v) is 9.26. The molecular formula is C13H29IN4O2S. The predicted octanol–water partition coefficient (Wildman–Crippen LogP) is 0.688. The standard InChI is InChI=1S/C13H28N4O2S.HI/c1-4-12(3)16-13(14-5-2)15-6-7-17-8-10-20(18,19)11-9-17;/h12H,4-11H2,1-3H3,(H2,14,15,16);1H. The van der Waals surface area contributed by atoms with E-state index in [1.54, 1.807) is 0 Å². The van der Waals surface area contributed by atoms with Crippen LogP contribution in [-0.4, -0.2) is 69.5 Å². The predicted molar refractivity (Wildman–Crippen MR) is 99.4 cm³/mol. The molecule has 0 spiro atoms. The second-order valence-corrected chi connectivity index (χ2v) is 7.51. The number of nitrogens with zero attached hydrogens (tertiary/aromatic N) is 2. The number of nitrogens with one attached hydrogen (secondary N) is 2. The molecule has 21 heavy (non-hydrogen) atoms. The summed E-state index contributed by atoms with van der Waals surface area (Å²) in [6, 6.07) is 0.396. The molecule has 1 rings (SSSR count). The van der Waals surface area contributed by atoms with Gasteiger partial charge >= 0.3 is 0 Å². The van der Waals surface area contributed by atoms with Gasteiger partial charge < -0.3 is 10.6 Å². The largest absolute Gasteiger partial charge is 0.357 e. The molecule has 8 heteroatoms. The highest BCUT2D eigenvalue weighted by Gasteiger charge is 2.20. The molecule has 0 aromatic rings. The fourth-order valence-electron chi connectivity index (χ4n) is 1.93. The molecule has 2 N–H and O–H groups in total. The highest BCUT2D eigenvalue weighted by molar-refractivity contribution is 14.0. The molecule has 1 aliphatic heterocycles. The van der Waals surface area contributed by atoms with E-state index in [2.05, 4.69) is 34.4 Å². The van der Waals surface area contributed by atoms with E-state index in [1.807, 2.05) is 6.92 Å². The maximum absolute atomic E-state index is 11.3. The fourth-order valence-corrected chi connectivity index (χ4v) is 3.21. The van der Waals surface area contributed by atoms with Crippen molar-refractivity contribution >= 4 is 39.8 Å². The Morgan fingerprint density at radius 2 is 1.90 bits per heavy atom. The molecule has 1 aliphatic rings. The summed E-state index contributed by atoms with van der Waals surface area (Å²) in [5.74, 6) is 1.40. The molecule has 1 atom stereocenters. The van der Waals surface area contributed by atoms with Crippen molar-refractivity contribution in [1.29, 1.82) is 0 Å². The number of guanidine groups is 1. The molecule has 0 radical (unpaired) electrons. The van der Waals surface area contributed by atoms with Gasteiger partial charge in [0.2, 0.25) is 0 Å². The fraction of sp³-hybridized carbons (Fsp3) is 0.923. The van der Waals surface area contributed by atoms with Crippen LogP contribution in [0.1, 0.15) is 27.2 Å². The van der Waals surface area contributed by atoms with E-state index in [-0.39, 0.29) is 35.5 Å². The van der Waals surface area contributed by atoms with Gasteiger partial charge in [-0.3, -0.25) is 9.89 Å². The van der Waals surface area contributed by atoms with Crippen molar-refractivity contribution < 1.29 is 8.42 Å². The Labute approximate surface area is 146 Å². The van der Waals surface area contributed by atoms with Crippen LogP contribution in [0.3, 0.4) is 0 Å². The highest BCUT2D eigenvalue weighted by atomic mass is 127. The third kappa shape index (κ3) is 8.82. The van der Waals surface area contributed by atoms with Crippen molar-refractivity contribution in [2.75, 3.05) is 44.2 Å². The minimum atomic E-state index is -2.79. The Bertz CT molecular complexity index is 400. The van der Waals surface area contributed by atoms with Gasteiger partial charge in [0.15, 0.2) is 15.8 Å². The summed E-state index contributed by atoms with van der Waals surface area (Å²) in [4.78, 5) is 6.70. The Morgan fingerprint density at radius 1 is 1.29 bits per heavy atom. The topological polar surface area (TPSA) is 73.8 Å². The first-order chi connectivity index (χ1) is 9.46. The Balaban J connectivity index is 0.00000400. The lowest BCUT2D eigenvalue weighted by molar-refractivity contribution is 0.304. The van der Waals surface area contributed by atoms with Crippen LogP contribution < -0.4 is 10.6 Å². The monoisotopic (exact) mass is 432 g/mol. The van der Waals surface area contributed by atoms with Crippen molar-refractivity contribution in [3.8, 4) is 0 Å². The minimum absolute atomic E-state index is 0. The van der Waals surface area contributed by atoms with Gasteiger partial charge in [0, 0.05) is 32.2 Å². The quantitative estimate of drug-likeness (QED) is 0.367. The third-order valence-electron chi connectivity index (χ3n) is 3.46. The second kappa shape index (κ2) is 10.6. The van der Waals surface area contributed by atoms with Gasteiger partial charge in [-0.2, -0.15) is 0 Å².